The van der Waals surface area contributed by atoms with Gasteiger partial charge in [0.25, 0.3) is 0 Å². The average molecular weight is 653 g/mol. The Bertz CT molecular complexity index is 1690. The van der Waals surface area contributed by atoms with Crippen LogP contribution < -0.4 is 0 Å². The summed E-state index contributed by atoms with van der Waals surface area (Å²) < 4.78 is 0. The number of rotatable bonds is 2. The summed E-state index contributed by atoms with van der Waals surface area (Å²) in [6.45, 7) is 12.3. The molecule has 0 radical (unpaired) electrons. The van der Waals surface area contributed by atoms with E-state index in [1.807, 2.05) is 20.8 Å². The molecule has 2 aromatic rings. The Kier molecular flexibility index (Phi) is 10.7. The second kappa shape index (κ2) is 14.6. The number of aliphatic hydroxyl groups is 1. The highest BCUT2D eigenvalue weighted by Crippen LogP contribution is 2.52. The van der Waals surface area contributed by atoms with Crippen LogP contribution in [0.25, 0.3) is 0 Å². The number of hydrogen-bond donors (Lipinski definition) is 5. The number of aromatic hydroxyl groups is 4. The highest BCUT2D eigenvalue weighted by Gasteiger charge is 2.47. The van der Waals surface area contributed by atoms with Gasteiger partial charge in [0.15, 0.2) is 0 Å². The van der Waals surface area contributed by atoms with Gasteiger partial charge in [-0.15, -0.1) is 0 Å². The van der Waals surface area contributed by atoms with Crippen molar-refractivity contribution in [2.75, 3.05) is 0 Å². The number of benzene rings is 2. The largest absolute Gasteiger partial charge is 0.508 e. The SMILES string of the molecule is C=C(C)[C@@H]1CC/C(C)=C/CC[C@]2(C=O)[C@@H](CC3=C[C@H]2C/C(C)=C\[C@H](O)c2cc(O)c(cc2O)C/C(C)=C\CC3)Cc2cc(O)cc1c2O. The molecule has 5 atom stereocenters. The van der Waals surface area contributed by atoms with Gasteiger partial charge in [-0.25, -0.2) is 0 Å². The number of carbonyl (C=O) groups excluding carboxylic acids is 1. The number of fused-ring (bicyclic) bond motifs is 10. The van der Waals surface area contributed by atoms with Crippen LogP contribution in [0.2, 0.25) is 0 Å². The van der Waals surface area contributed by atoms with E-state index < -0.39 is 11.5 Å². The Balaban J connectivity index is 1.64. The summed E-state index contributed by atoms with van der Waals surface area (Å²) in [5, 5.41) is 55.4. The molecular formula is C42H52O6. The quantitative estimate of drug-likeness (QED) is 0.125. The van der Waals surface area contributed by atoms with Gasteiger partial charge in [0, 0.05) is 28.0 Å². The van der Waals surface area contributed by atoms with Gasteiger partial charge in [-0.2, -0.15) is 0 Å². The Morgan fingerprint density at radius 3 is 2.31 bits per heavy atom. The van der Waals surface area contributed by atoms with E-state index in [9.17, 15) is 30.3 Å². The molecule has 4 aliphatic rings. The summed E-state index contributed by atoms with van der Waals surface area (Å²) in [5.41, 5.74) is 6.74. The number of phenolic OH excluding ortho intramolecular Hbond substituents is 4. The van der Waals surface area contributed by atoms with Crippen molar-refractivity contribution in [3.05, 3.63) is 105 Å². The first kappa shape index (κ1) is 35.3. The number of phenols is 4. The lowest BCUT2D eigenvalue weighted by Crippen LogP contribution is -2.43. The molecule has 6 bridgehead atoms. The topological polar surface area (TPSA) is 118 Å². The molecule has 6 rings (SSSR count). The van der Waals surface area contributed by atoms with Gasteiger partial charge >= 0.3 is 0 Å². The highest BCUT2D eigenvalue weighted by molar-refractivity contribution is 5.63. The zero-order chi connectivity index (χ0) is 34.7. The lowest BCUT2D eigenvalue weighted by molar-refractivity contribution is -0.123. The molecule has 0 unspecified atom stereocenters. The zero-order valence-corrected chi connectivity index (χ0v) is 28.9. The molecular weight excluding hydrogens is 600 g/mol. The second-order valence-electron chi connectivity index (χ2n) is 14.8. The van der Waals surface area contributed by atoms with Crippen LogP contribution >= 0.6 is 0 Å². The van der Waals surface area contributed by atoms with Crippen LogP contribution in [0.4, 0.5) is 0 Å². The maximum absolute atomic E-state index is 13.6. The normalized spacial score (nSPS) is 30.4. The first-order chi connectivity index (χ1) is 22.8. The number of carbonyl (C=O) groups is 1. The molecule has 5 N–H and O–H groups in total. The first-order valence-electron chi connectivity index (χ1n) is 17.4. The van der Waals surface area contributed by atoms with Gasteiger partial charge in [0.2, 0.25) is 0 Å². The standard InChI is InChI=1S/C42H52O6/c1-25(2)35-12-11-26(3)9-7-13-42(24-43)32-15-28(5)16-39(46)37-23-38(45)30(21-40(37)47)14-27(4)8-6-10-29(17-32)18-33(42)19-31-20-34(44)22-36(35)41(31)48/h8-9,16-17,20-24,32-33,35,39,44-48H,1,6-7,10-15,18-19H2,2-5H3/b26-9+,27-8-,28-16-/t32-,33+,35+,39+,42-/m1/s1. The van der Waals surface area contributed by atoms with E-state index in [2.05, 4.69) is 31.7 Å². The van der Waals surface area contributed by atoms with E-state index in [4.69, 9.17) is 0 Å². The molecule has 256 valence electrons. The maximum atomic E-state index is 13.6. The molecule has 0 saturated heterocycles. The van der Waals surface area contributed by atoms with E-state index in [1.54, 1.807) is 18.2 Å². The van der Waals surface area contributed by atoms with Crippen LogP contribution in [0.3, 0.4) is 0 Å². The predicted molar refractivity (Wildman–Crippen MR) is 191 cm³/mol. The van der Waals surface area contributed by atoms with Crippen molar-refractivity contribution in [3.63, 3.8) is 0 Å². The molecule has 6 nitrogen and oxygen atoms in total. The summed E-state index contributed by atoms with van der Waals surface area (Å²) in [6, 6.07) is 6.29. The Morgan fingerprint density at radius 1 is 0.833 bits per heavy atom. The van der Waals surface area contributed by atoms with Gasteiger partial charge in [0.1, 0.15) is 35.4 Å². The molecule has 6 heteroatoms. The second-order valence-corrected chi connectivity index (χ2v) is 14.8. The minimum atomic E-state index is -1.14. The summed E-state index contributed by atoms with van der Waals surface area (Å²) in [4.78, 5) is 13.6. The fourth-order valence-electron chi connectivity index (χ4n) is 8.41. The van der Waals surface area contributed by atoms with E-state index in [-0.39, 0.29) is 46.3 Å². The van der Waals surface area contributed by atoms with E-state index in [1.165, 1.54) is 23.3 Å². The van der Waals surface area contributed by atoms with E-state index >= 15 is 0 Å². The molecule has 0 amide bonds. The van der Waals surface area contributed by atoms with Gasteiger partial charge < -0.3 is 30.3 Å². The van der Waals surface area contributed by atoms with Crippen LogP contribution in [0.15, 0.2) is 83.0 Å². The van der Waals surface area contributed by atoms with Crippen molar-refractivity contribution in [1.82, 2.24) is 0 Å². The molecule has 4 aliphatic carbocycles. The van der Waals surface area contributed by atoms with Crippen molar-refractivity contribution in [2.24, 2.45) is 17.3 Å². The lowest BCUT2D eigenvalue weighted by atomic mass is 9.56. The van der Waals surface area contributed by atoms with Crippen molar-refractivity contribution in [1.29, 1.82) is 0 Å². The highest BCUT2D eigenvalue weighted by atomic mass is 16.3. The molecule has 2 aromatic carbocycles. The molecule has 0 spiro atoms. The Labute approximate surface area is 285 Å². The summed E-state index contributed by atoms with van der Waals surface area (Å²) in [6.07, 6.45) is 15.1. The van der Waals surface area contributed by atoms with Crippen LogP contribution in [0, 0.1) is 17.3 Å². The van der Waals surface area contributed by atoms with Crippen LogP contribution in [-0.2, 0) is 17.6 Å². The summed E-state index contributed by atoms with van der Waals surface area (Å²) >= 11 is 0. The van der Waals surface area contributed by atoms with Crippen molar-refractivity contribution < 1.29 is 30.3 Å². The van der Waals surface area contributed by atoms with Gasteiger partial charge in [-0.1, -0.05) is 58.7 Å². The fraction of sp³-hybridized carbons (Fsp3) is 0.452. The average Bonchev–Trinajstić information content (AvgIpc) is 3.01. The third-order valence-corrected chi connectivity index (χ3v) is 11.1. The zero-order valence-electron chi connectivity index (χ0n) is 28.9. The number of aliphatic hydroxyl groups excluding tert-OH is 1. The summed E-state index contributed by atoms with van der Waals surface area (Å²) in [7, 11) is 0. The van der Waals surface area contributed by atoms with Gasteiger partial charge in [-0.3, -0.25) is 0 Å². The maximum Gasteiger partial charge on any atom is 0.127 e. The predicted octanol–water partition coefficient (Wildman–Crippen LogP) is 9.33. The Hall–Kier alpha value is -4.03. The Morgan fingerprint density at radius 2 is 1.58 bits per heavy atom. The third kappa shape index (κ3) is 7.49. The smallest absolute Gasteiger partial charge is 0.127 e. The van der Waals surface area contributed by atoms with Crippen molar-refractivity contribution in [2.45, 2.75) is 104 Å². The van der Waals surface area contributed by atoms with Crippen LogP contribution in [-0.4, -0.2) is 31.8 Å². The number of hydrogen-bond acceptors (Lipinski definition) is 6. The molecule has 0 heterocycles. The monoisotopic (exact) mass is 652 g/mol. The molecule has 0 aromatic heterocycles. The fourth-order valence-corrected chi connectivity index (χ4v) is 8.41. The minimum Gasteiger partial charge on any atom is -0.508 e. The van der Waals surface area contributed by atoms with E-state index in [0.717, 1.165) is 55.1 Å². The minimum absolute atomic E-state index is 0.0374. The van der Waals surface area contributed by atoms with Gasteiger partial charge in [-0.05, 0) is 134 Å². The van der Waals surface area contributed by atoms with Crippen LogP contribution in [0.1, 0.15) is 113 Å². The molecule has 0 saturated carbocycles. The summed E-state index contributed by atoms with van der Waals surface area (Å²) in [5.74, 6) is -0.166. The lowest BCUT2D eigenvalue weighted by Gasteiger charge is -2.46. The number of allylic oxidation sites excluding steroid dienone is 8. The van der Waals surface area contributed by atoms with Crippen molar-refractivity contribution >= 4 is 6.29 Å². The van der Waals surface area contributed by atoms with Gasteiger partial charge in [0.05, 0.1) is 0 Å². The van der Waals surface area contributed by atoms with E-state index in [0.29, 0.717) is 48.8 Å². The van der Waals surface area contributed by atoms with Crippen molar-refractivity contribution in [3.8, 4) is 23.0 Å². The number of aldehydes is 1. The molecule has 48 heavy (non-hydrogen) atoms. The first-order valence-corrected chi connectivity index (χ1v) is 17.4. The van der Waals surface area contributed by atoms with Crippen LogP contribution in [0.5, 0.6) is 23.0 Å². The molecule has 0 fully saturated rings. The molecule has 0 aliphatic heterocycles. The third-order valence-electron chi connectivity index (χ3n) is 11.1.